The van der Waals surface area contributed by atoms with Crippen LogP contribution in [0.4, 0.5) is 0 Å². The Bertz CT molecular complexity index is 632. The van der Waals surface area contributed by atoms with Crippen molar-refractivity contribution in [3.05, 3.63) is 28.2 Å². The Hall–Kier alpha value is -0.960. The van der Waals surface area contributed by atoms with Gasteiger partial charge in [0.25, 0.3) is 0 Å². The van der Waals surface area contributed by atoms with Gasteiger partial charge >= 0.3 is 5.97 Å². The van der Waals surface area contributed by atoms with E-state index in [1.165, 1.54) is 22.5 Å². The Morgan fingerprint density at radius 2 is 2.20 bits per heavy atom. The highest BCUT2D eigenvalue weighted by Gasteiger charge is 2.32. The summed E-state index contributed by atoms with van der Waals surface area (Å²) in [4.78, 5) is 11.1. The third-order valence-corrected chi connectivity index (χ3v) is 5.94. The fraction of sp³-hybridized carbons (Fsp3) is 0.417. The zero-order valence-electron chi connectivity index (χ0n) is 10.6. The molecule has 1 aliphatic rings. The fourth-order valence-corrected chi connectivity index (χ4v) is 4.16. The first-order chi connectivity index (χ1) is 9.36. The van der Waals surface area contributed by atoms with Crippen LogP contribution < -0.4 is 5.73 Å². The van der Waals surface area contributed by atoms with Crippen molar-refractivity contribution < 1.29 is 18.3 Å². The number of sulfonamides is 1. The molecule has 1 saturated heterocycles. The maximum Gasteiger partial charge on any atom is 0.336 e. The number of benzene rings is 1. The third-order valence-electron chi connectivity index (χ3n) is 3.39. The summed E-state index contributed by atoms with van der Waals surface area (Å²) in [6, 6.07) is 4.02. The van der Waals surface area contributed by atoms with Gasteiger partial charge in [-0.25, -0.2) is 13.2 Å². The van der Waals surface area contributed by atoms with Crippen LogP contribution in [0.2, 0.25) is 0 Å². The minimum atomic E-state index is -3.66. The molecule has 1 aliphatic heterocycles. The number of rotatable bonds is 4. The van der Waals surface area contributed by atoms with E-state index in [0.29, 0.717) is 24.1 Å². The molecule has 1 fully saturated rings. The minimum absolute atomic E-state index is 0.00392. The number of halogens is 1. The number of carbonyl (C=O) groups is 1. The number of carboxylic acids is 1. The van der Waals surface area contributed by atoms with Crippen molar-refractivity contribution in [2.24, 2.45) is 11.7 Å². The molecule has 0 radical (unpaired) electrons. The van der Waals surface area contributed by atoms with Gasteiger partial charge in [-0.3, -0.25) is 0 Å². The van der Waals surface area contributed by atoms with Gasteiger partial charge in [-0.1, -0.05) is 0 Å². The third kappa shape index (κ3) is 2.88. The van der Waals surface area contributed by atoms with Gasteiger partial charge in [-0.05, 0) is 53.0 Å². The van der Waals surface area contributed by atoms with Crippen LogP contribution >= 0.6 is 15.9 Å². The number of hydrogen-bond donors (Lipinski definition) is 2. The highest BCUT2D eigenvalue weighted by atomic mass is 79.9. The quantitative estimate of drug-likeness (QED) is 0.835. The molecule has 6 nitrogen and oxygen atoms in total. The van der Waals surface area contributed by atoms with Gasteiger partial charge in [-0.15, -0.1) is 0 Å². The Morgan fingerprint density at radius 1 is 1.50 bits per heavy atom. The number of nitrogens with two attached hydrogens (primary N) is 1. The van der Waals surface area contributed by atoms with Crippen LogP contribution in [0.1, 0.15) is 16.8 Å². The second-order valence-corrected chi connectivity index (χ2v) is 7.49. The second kappa shape index (κ2) is 5.80. The number of hydrogen-bond acceptors (Lipinski definition) is 4. The van der Waals surface area contributed by atoms with Crippen molar-refractivity contribution in [2.75, 3.05) is 19.6 Å². The summed E-state index contributed by atoms with van der Waals surface area (Å²) < 4.78 is 26.6. The first-order valence-electron chi connectivity index (χ1n) is 6.09. The topological polar surface area (TPSA) is 101 Å². The lowest BCUT2D eigenvalue weighted by atomic mass is 10.1. The molecule has 8 heteroatoms. The molecule has 0 amide bonds. The maximum absolute atomic E-state index is 12.5. The van der Waals surface area contributed by atoms with E-state index in [9.17, 15) is 13.2 Å². The summed E-state index contributed by atoms with van der Waals surface area (Å²) in [5, 5.41) is 9.05. The zero-order valence-corrected chi connectivity index (χ0v) is 13.0. The largest absolute Gasteiger partial charge is 0.478 e. The minimum Gasteiger partial charge on any atom is -0.478 e. The fourth-order valence-electron chi connectivity index (χ4n) is 2.19. The van der Waals surface area contributed by atoms with Crippen LogP contribution in [-0.4, -0.2) is 43.4 Å². The molecule has 0 spiro atoms. The van der Waals surface area contributed by atoms with Crippen molar-refractivity contribution in [1.29, 1.82) is 0 Å². The number of nitrogens with zero attached hydrogens (tertiary/aromatic N) is 1. The Labute approximate surface area is 125 Å². The van der Waals surface area contributed by atoms with Gasteiger partial charge in [0, 0.05) is 17.6 Å². The Kier molecular flexibility index (Phi) is 4.48. The molecule has 0 aliphatic carbocycles. The van der Waals surface area contributed by atoms with Crippen LogP contribution in [0.5, 0.6) is 0 Å². The van der Waals surface area contributed by atoms with E-state index in [4.69, 9.17) is 10.8 Å². The summed E-state index contributed by atoms with van der Waals surface area (Å²) in [5.41, 5.74) is 5.49. The van der Waals surface area contributed by atoms with Gasteiger partial charge in [0.1, 0.15) is 0 Å². The van der Waals surface area contributed by atoms with Crippen LogP contribution in [0.15, 0.2) is 27.6 Å². The maximum atomic E-state index is 12.5. The molecule has 1 aromatic rings. The number of carboxylic acid groups (broad SMARTS) is 1. The van der Waals surface area contributed by atoms with Gasteiger partial charge in [0.2, 0.25) is 10.0 Å². The molecule has 1 heterocycles. The highest BCUT2D eigenvalue weighted by molar-refractivity contribution is 9.10. The summed E-state index contributed by atoms with van der Waals surface area (Å²) in [5.74, 6) is -1.01. The molecular formula is C12H15BrN2O4S. The summed E-state index contributed by atoms with van der Waals surface area (Å²) >= 11 is 3.10. The SMILES string of the molecule is NCC1CCN(S(=O)(=O)c2ccc(Br)c(C(=O)O)c2)C1. The van der Waals surface area contributed by atoms with Crippen LogP contribution in [0.3, 0.4) is 0 Å². The summed E-state index contributed by atoms with van der Waals surface area (Å²) in [6.45, 7) is 1.26. The van der Waals surface area contributed by atoms with E-state index in [-0.39, 0.29) is 16.4 Å². The monoisotopic (exact) mass is 362 g/mol. The molecule has 1 aromatic carbocycles. The van der Waals surface area contributed by atoms with Gasteiger partial charge in [0.15, 0.2) is 0 Å². The van der Waals surface area contributed by atoms with Crippen LogP contribution in [-0.2, 0) is 10.0 Å². The Morgan fingerprint density at radius 3 is 2.75 bits per heavy atom. The summed E-state index contributed by atoms with van der Waals surface area (Å²) in [6.07, 6.45) is 0.734. The number of aromatic carboxylic acids is 1. The van der Waals surface area contributed by atoms with Crippen molar-refractivity contribution >= 4 is 31.9 Å². The zero-order chi connectivity index (χ0) is 14.9. The van der Waals surface area contributed by atoms with E-state index >= 15 is 0 Å². The molecule has 110 valence electrons. The molecular weight excluding hydrogens is 348 g/mol. The van der Waals surface area contributed by atoms with E-state index in [2.05, 4.69) is 15.9 Å². The lowest BCUT2D eigenvalue weighted by Crippen LogP contribution is -2.30. The van der Waals surface area contributed by atoms with Gasteiger partial charge in [0.05, 0.1) is 10.5 Å². The highest BCUT2D eigenvalue weighted by Crippen LogP contribution is 2.27. The van der Waals surface area contributed by atoms with Crippen molar-refractivity contribution in [3.63, 3.8) is 0 Å². The average Bonchev–Trinajstić information content (AvgIpc) is 2.88. The Balaban J connectivity index is 2.35. The lowest BCUT2D eigenvalue weighted by molar-refractivity contribution is 0.0695. The molecule has 1 unspecified atom stereocenters. The van der Waals surface area contributed by atoms with Crippen LogP contribution in [0, 0.1) is 5.92 Å². The van der Waals surface area contributed by atoms with Crippen LogP contribution in [0.25, 0.3) is 0 Å². The van der Waals surface area contributed by atoms with Gasteiger partial charge < -0.3 is 10.8 Å². The van der Waals surface area contributed by atoms with Crippen molar-refractivity contribution in [2.45, 2.75) is 11.3 Å². The van der Waals surface area contributed by atoms with Crippen molar-refractivity contribution in [1.82, 2.24) is 4.31 Å². The first kappa shape index (κ1) is 15.4. The molecule has 0 bridgehead atoms. The van der Waals surface area contributed by atoms with E-state index in [1.807, 2.05) is 0 Å². The van der Waals surface area contributed by atoms with Crippen molar-refractivity contribution in [3.8, 4) is 0 Å². The molecule has 0 aromatic heterocycles. The lowest BCUT2D eigenvalue weighted by Gasteiger charge is -2.17. The molecule has 1 atom stereocenters. The molecule has 3 N–H and O–H groups in total. The average molecular weight is 363 g/mol. The van der Waals surface area contributed by atoms with E-state index in [1.54, 1.807) is 0 Å². The standard InChI is InChI=1S/C12H15BrN2O4S/c13-11-2-1-9(5-10(11)12(16)17)20(18,19)15-4-3-8(6-14)7-15/h1-2,5,8H,3-4,6-7,14H2,(H,16,17). The van der Waals surface area contributed by atoms with E-state index in [0.717, 1.165) is 6.42 Å². The molecule has 20 heavy (non-hydrogen) atoms. The second-order valence-electron chi connectivity index (χ2n) is 4.70. The predicted molar refractivity (Wildman–Crippen MR) is 77.0 cm³/mol. The van der Waals surface area contributed by atoms with Gasteiger partial charge in [-0.2, -0.15) is 4.31 Å². The predicted octanol–water partition coefficient (Wildman–Crippen LogP) is 1.12. The normalized spacial score (nSPS) is 20.2. The molecule has 2 rings (SSSR count). The first-order valence-corrected chi connectivity index (χ1v) is 8.32. The smallest absolute Gasteiger partial charge is 0.336 e. The summed E-state index contributed by atoms with van der Waals surface area (Å²) in [7, 11) is -3.66. The van der Waals surface area contributed by atoms with E-state index < -0.39 is 16.0 Å². The molecule has 0 saturated carbocycles.